The van der Waals surface area contributed by atoms with Gasteiger partial charge in [0.25, 0.3) is 0 Å². The van der Waals surface area contributed by atoms with Gasteiger partial charge in [-0.2, -0.15) is 0 Å². The molecule has 0 bridgehead atoms. The highest BCUT2D eigenvalue weighted by molar-refractivity contribution is 5.81. The molecular formula is C14H24N4O. The molecule has 1 aliphatic heterocycles. The Labute approximate surface area is 115 Å². The van der Waals surface area contributed by atoms with Crippen LogP contribution in [0.1, 0.15) is 38.8 Å². The average Bonchev–Trinajstić information content (AvgIpc) is 2.81. The van der Waals surface area contributed by atoms with Gasteiger partial charge in [-0.25, -0.2) is 4.98 Å². The lowest BCUT2D eigenvalue weighted by atomic mass is 10.0. The maximum Gasteiger partial charge on any atom is 0.239 e. The van der Waals surface area contributed by atoms with Crippen molar-refractivity contribution in [2.45, 2.75) is 51.7 Å². The van der Waals surface area contributed by atoms with Crippen molar-refractivity contribution in [1.82, 2.24) is 19.8 Å². The largest absolute Gasteiger partial charge is 0.339 e. The van der Waals surface area contributed by atoms with Crippen LogP contribution in [0.25, 0.3) is 0 Å². The van der Waals surface area contributed by atoms with Gasteiger partial charge in [0, 0.05) is 32.4 Å². The lowest BCUT2D eigenvalue weighted by Gasteiger charge is -2.35. The topological polar surface area (TPSA) is 50.2 Å². The number of aryl methyl sites for hydroxylation is 1. The summed E-state index contributed by atoms with van der Waals surface area (Å²) in [7, 11) is 1.96. The summed E-state index contributed by atoms with van der Waals surface area (Å²) in [6, 6.07) is 0.234. The van der Waals surface area contributed by atoms with Gasteiger partial charge in [0.15, 0.2) is 0 Å². The number of hydrogen-bond donors (Lipinski definition) is 1. The van der Waals surface area contributed by atoms with Crippen molar-refractivity contribution in [2.75, 3.05) is 6.54 Å². The SMILES string of the molecule is C[C@@H](NCc1cncn1C)C(=O)N1CCCC[C@@H]1C. The number of imidazole rings is 1. The lowest BCUT2D eigenvalue weighted by Crippen LogP contribution is -2.50. The van der Waals surface area contributed by atoms with Gasteiger partial charge in [0.1, 0.15) is 0 Å². The first-order valence-electron chi connectivity index (χ1n) is 7.08. The van der Waals surface area contributed by atoms with E-state index in [1.807, 2.05) is 29.6 Å². The van der Waals surface area contributed by atoms with E-state index in [1.165, 1.54) is 6.42 Å². The van der Waals surface area contributed by atoms with Crippen molar-refractivity contribution in [3.05, 3.63) is 18.2 Å². The van der Waals surface area contributed by atoms with E-state index in [0.29, 0.717) is 12.6 Å². The molecule has 0 aromatic carbocycles. The van der Waals surface area contributed by atoms with Gasteiger partial charge in [0.05, 0.1) is 18.1 Å². The Morgan fingerprint density at radius 1 is 1.58 bits per heavy atom. The molecule has 1 aromatic rings. The van der Waals surface area contributed by atoms with Crippen molar-refractivity contribution < 1.29 is 4.79 Å². The molecule has 5 nitrogen and oxygen atoms in total. The molecule has 1 N–H and O–H groups in total. The summed E-state index contributed by atoms with van der Waals surface area (Å²) >= 11 is 0. The van der Waals surface area contributed by atoms with Crippen molar-refractivity contribution in [1.29, 1.82) is 0 Å². The number of aromatic nitrogens is 2. The van der Waals surface area contributed by atoms with E-state index in [9.17, 15) is 4.79 Å². The first-order valence-corrected chi connectivity index (χ1v) is 7.08. The third kappa shape index (κ3) is 3.35. The van der Waals surface area contributed by atoms with Crippen LogP contribution in [-0.4, -0.2) is 39.0 Å². The van der Waals surface area contributed by atoms with Gasteiger partial charge in [-0.15, -0.1) is 0 Å². The van der Waals surface area contributed by atoms with Crippen LogP contribution in [-0.2, 0) is 18.4 Å². The zero-order valence-electron chi connectivity index (χ0n) is 12.1. The van der Waals surface area contributed by atoms with Crippen LogP contribution in [0.2, 0.25) is 0 Å². The molecule has 2 heterocycles. The Balaban J connectivity index is 1.87. The molecular weight excluding hydrogens is 240 g/mol. The third-order valence-electron chi connectivity index (χ3n) is 3.96. The first kappa shape index (κ1) is 14.1. The van der Waals surface area contributed by atoms with Crippen LogP contribution in [0.5, 0.6) is 0 Å². The number of likely N-dealkylation sites (tertiary alicyclic amines) is 1. The Hall–Kier alpha value is -1.36. The second kappa shape index (κ2) is 6.19. The normalized spacial score (nSPS) is 21.4. The van der Waals surface area contributed by atoms with E-state index < -0.39 is 0 Å². The van der Waals surface area contributed by atoms with Crippen LogP contribution in [0.3, 0.4) is 0 Å². The molecule has 0 unspecified atom stereocenters. The third-order valence-corrected chi connectivity index (χ3v) is 3.96. The van der Waals surface area contributed by atoms with Gasteiger partial charge < -0.3 is 14.8 Å². The summed E-state index contributed by atoms with van der Waals surface area (Å²) in [6.45, 7) is 5.66. The molecule has 2 rings (SSSR count). The van der Waals surface area contributed by atoms with E-state index in [4.69, 9.17) is 0 Å². The summed E-state index contributed by atoms with van der Waals surface area (Å²) in [4.78, 5) is 18.5. The molecule has 19 heavy (non-hydrogen) atoms. The Morgan fingerprint density at radius 2 is 2.37 bits per heavy atom. The number of amides is 1. The van der Waals surface area contributed by atoms with Crippen LogP contribution in [0, 0.1) is 0 Å². The molecule has 0 radical (unpaired) electrons. The first-order chi connectivity index (χ1) is 9.09. The zero-order valence-corrected chi connectivity index (χ0v) is 12.1. The molecule has 0 aliphatic carbocycles. The number of rotatable bonds is 4. The van der Waals surface area contributed by atoms with E-state index in [0.717, 1.165) is 25.1 Å². The number of carbonyl (C=O) groups excluding carboxylic acids is 1. The highest BCUT2D eigenvalue weighted by Gasteiger charge is 2.26. The second-order valence-electron chi connectivity index (χ2n) is 5.47. The Kier molecular flexibility index (Phi) is 4.58. The zero-order chi connectivity index (χ0) is 13.8. The Bertz CT molecular complexity index is 429. The average molecular weight is 264 g/mol. The molecule has 1 fully saturated rings. The smallest absolute Gasteiger partial charge is 0.239 e. The number of nitrogens with zero attached hydrogens (tertiary/aromatic N) is 3. The minimum absolute atomic E-state index is 0.143. The quantitative estimate of drug-likeness (QED) is 0.892. The molecule has 1 aliphatic rings. The molecule has 5 heteroatoms. The fourth-order valence-corrected chi connectivity index (χ4v) is 2.57. The molecule has 1 saturated heterocycles. The predicted octanol–water partition coefficient (Wildman–Crippen LogP) is 1.30. The number of carbonyl (C=O) groups is 1. The van der Waals surface area contributed by atoms with Crippen molar-refractivity contribution in [3.63, 3.8) is 0 Å². The second-order valence-corrected chi connectivity index (χ2v) is 5.47. The van der Waals surface area contributed by atoms with Gasteiger partial charge in [-0.3, -0.25) is 4.79 Å². The van der Waals surface area contributed by atoms with Crippen molar-refractivity contribution >= 4 is 5.91 Å². The molecule has 0 saturated carbocycles. The van der Waals surface area contributed by atoms with Crippen LogP contribution in [0.15, 0.2) is 12.5 Å². The van der Waals surface area contributed by atoms with E-state index in [-0.39, 0.29) is 11.9 Å². The van der Waals surface area contributed by atoms with Crippen LogP contribution >= 0.6 is 0 Å². The van der Waals surface area contributed by atoms with E-state index >= 15 is 0 Å². The summed E-state index contributed by atoms with van der Waals surface area (Å²) < 4.78 is 1.97. The van der Waals surface area contributed by atoms with Crippen molar-refractivity contribution in [3.8, 4) is 0 Å². The summed E-state index contributed by atoms with van der Waals surface area (Å²) in [6.07, 6.45) is 7.09. The fourth-order valence-electron chi connectivity index (χ4n) is 2.57. The standard InChI is InChI=1S/C14H24N4O/c1-11-6-4-5-7-18(11)14(19)12(2)16-9-13-8-15-10-17(13)3/h8,10-12,16H,4-7,9H2,1-3H3/t11-,12+/m0/s1. The van der Waals surface area contributed by atoms with Crippen molar-refractivity contribution in [2.24, 2.45) is 7.05 Å². The molecule has 106 valence electrons. The van der Waals surface area contributed by atoms with Gasteiger partial charge in [-0.1, -0.05) is 0 Å². The molecule has 1 aromatic heterocycles. The monoisotopic (exact) mass is 264 g/mol. The van der Waals surface area contributed by atoms with E-state index in [1.54, 1.807) is 6.33 Å². The number of hydrogen-bond acceptors (Lipinski definition) is 3. The minimum Gasteiger partial charge on any atom is -0.339 e. The van der Waals surface area contributed by atoms with Crippen LogP contribution < -0.4 is 5.32 Å². The highest BCUT2D eigenvalue weighted by atomic mass is 16.2. The van der Waals surface area contributed by atoms with E-state index in [2.05, 4.69) is 17.2 Å². The van der Waals surface area contributed by atoms with Gasteiger partial charge in [-0.05, 0) is 33.1 Å². The maximum atomic E-state index is 12.4. The van der Waals surface area contributed by atoms with Gasteiger partial charge >= 0.3 is 0 Å². The number of nitrogens with one attached hydrogen (secondary N) is 1. The number of piperidine rings is 1. The minimum atomic E-state index is -0.143. The fraction of sp³-hybridized carbons (Fsp3) is 0.714. The molecule has 0 spiro atoms. The summed E-state index contributed by atoms with van der Waals surface area (Å²) in [5, 5.41) is 3.29. The van der Waals surface area contributed by atoms with Crippen LogP contribution in [0.4, 0.5) is 0 Å². The summed E-state index contributed by atoms with van der Waals surface area (Å²) in [5.74, 6) is 0.217. The summed E-state index contributed by atoms with van der Waals surface area (Å²) in [5.41, 5.74) is 1.09. The van der Waals surface area contributed by atoms with Gasteiger partial charge in [0.2, 0.25) is 5.91 Å². The Morgan fingerprint density at radius 3 is 3.00 bits per heavy atom. The molecule has 1 amide bonds. The lowest BCUT2D eigenvalue weighted by molar-refractivity contribution is -0.136. The highest BCUT2D eigenvalue weighted by Crippen LogP contribution is 2.17. The predicted molar refractivity (Wildman–Crippen MR) is 74.5 cm³/mol. The molecule has 2 atom stereocenters. The maximum absolute atomic E-state index is 12.4.